The Morgan fingerprint density at radius 3 is 2.58 bits per heavy atom. The summed E-state index contributed by atoms with van der Waals surface area (Å²) in [7, 11) is 0. The number of carbonyl (C=O) groups excluding carboxylic acids is 1. The summed E-state index contributed by atoms with van der Waals surface area (Å²) in [5.74, 6) is -0.286. The zero-order valence-electron chi connectivity index (χ0n) is 19.4. The first kappa shape index (κ1) is 25.9. The smallest absolute Gasteiger partial charge is 0.408 e. The quantitative estimate of drug-likeness (QED) is 0.336. The SMILES string of the molecule is C=CCOC[C@@H](NC(=O)[C@@H](Cc1cn(CC=C)cn1)N(Cc1ccccc1)C(=O)O)C(C)C. The minimum absolute atomic E-state index is 0.0843. The highest BCUT2D eigenvalue weighted by Gasteiger charge is 2.32. The third kappa shape index (κ3) is 8.23. The van der Waals surface area contributed by atoms with Crippen LogP contribution in [0.3, 0.4) is 0 Å². The van der Waals surface area contributed by atoms with E-state index in [4.69, 9.17) is 4.74 Å². The van der Waals surface area contributed by atoms with Crippen molar-refractivity contribution in [2.24, 2.45) is 5.92 Å². The van der Waals surface area contributed by atoms with Gasteiger partial charge in [0, 0.05) is 25.7 Å². The monoisotopic (exact) mass is 454 g/mol. The van der Waals surface area contributed by atoms with Crippen molar-refractivity contribution in [3.05, 3.63) is 79.4 Å². The number of allylic oxidation sites excluding steroid dienone is 1. The second-order valence-corrected chi connectivity index (χ2v) is 8.15. The van der Waals surface area contributed by atoms with Crippen LogP contribution in [0.1, 0.15) is 25.1 Å². The van der Waals surface area contributed by atoms with E-state index in [1.165, 1.54) is 4.90 Å². The summed E-state index contributed by atoms with van der Waals surface area (Å²) in [6, 6.07) is 7.98. The van der Waals surface area contributed by atoms with Crippen molar-refractivity contribution in [2.45, 2.75) is 45.4 Å². The van der Waals surface area contributed by atoms with Gasteiger partial charge in [-0.25, -0.2) is 9.78 Å². The molecule has 33 heavy (non-hydrogen) atoms. The van der Waals surface area contributed by atoms with Crippen molar-refractivity contribution in [1.82, 2.24) is 19.8 Å². The van der Waals surface area contributed by atoms with Crippen LogP contribution in [-0.2, 0) is 29.0 Å². The fourth-order valence-corrected chi connectivity index (χ4v) is 3.35. The van der Waals surface area contributed by atoms with Gasteiger partial charge >= 0.3 is 6.09 Å². The molecule has 0 fully saturated rings. The average Bonchev–Trinajstić information content (AvgIpc) is 3.23. The summed E-state index contributed by atoms with van der Waals surface area (Å²) in [4.78, 5) is 31.2. The standard InChI is InChI=1S/C25H34N4O4/c1-5-12-28-16-21(26-18-28)14-23(24(30)27-22(19(3)4)17-33-13-6-2)29(25(31)32)15-20-10-8-7-9-11-20/h5-11,16,18-19,22-23H,1-2,12-15,17H2,3-4H3,(H,27,30)(H,31,32)/t22-,23-/m1/s1. The predicted octanol–water partition coefficient (Wildman–Crippen LogP) is 3.50. The highest BCUT2D eigenvalue weighted by molar-refractivity contribution is 5.85. The van der Waals surface area contributed by atoms with E-state index in [1.54, 1.807) is 24.7 Å². The summed E-state index contributed by atoms with van der Waals surface area (Å²) in [6.07, 6.45) is 5.81. The number of benzene rings is 1. The number of imidazole rings is 1. The van der Waals surface area contributed by atoms with Gasteiger partial charge in [-0.1, -0.05) is 56.3 Å². The van der Waals surface area contributed by atoms with Crippen molar-refractivity contribution in [2.75, 3.05) is 13.2 Å². The fourth-order valence-electron chi connectivity index (χ4n) is 3.35. The first-order valence-corrected chi connectivity index (χ1v) is 11.0. The van der Waals surface area contributed by atoms with Crippen LogP contribution in [0.2, 0.25) is 0 Å². The minimum atomic E-state index is -1.17. The van der Waals surface area contributed by atoms with Crippen LogP contribution >= 0.6 is 0 Å². The lowest BCUT2D eigenvalue weighted by atomic mass is 10.0. The first-order chi connectivity index (χ1) is 15.8. The number of carbonyl (C=O) groups is 2. The lowest BCUT2D eigenvalue weighted by molar-refractivity contribution is -0.127. The third-order valence-corrected chi connectivity index (χ3v) is 5.21. The van der Waals surface area contributed by atoms with Gasteiger partial charge in [-0.05, 0) is 11.5 Å². The van der Waals surface area contributed by atoms with Gasteiger partial charge in [0.05, 0.1) is 31.3 Å². The molecular formula is C25H34N4O4. The molecule has 1 heterocycles. The fraction of sp³-hybridized carbons (Fsp3) is 0.400. The van der Waals surface area contributed by atoms with E-state index in [9.17, 15) is 14.7 Å². The lowest BCUT2D eigenvalue weighted by Crippen LogP contribution is -2.54. The molecule has 0 unspecified atom stereocenters. The molecule has 0 aliphatic carbocycles. The Hall–Kier alpha value is -3.39. The molecule has 0 saturated carbocycles. The zero-order chi connectivity index (χ0) is 24.2. The van der Waals surface area contributed by atoms with Gasteiger partial charge in [0.15, 0.2) is 0 Å². The molecule has 0 bridgehead atoms. The molecule has 1 aromatic carbocycles. The van der Waals surface area contributed by atoms with Gasteiger partial charge in [-0.15, -0.1) is 13.2 Å². The van der Waals surface area contributed by atoms with E-state index in [0.29, 0.717) is 25.5 Å². The number of ether oxygens (including phenoxy) is 1. The topological polar surface area (TPSA) is 96.7 Å². The third-order valence-electron chi connectivity index (χ3n) is 5.21. The molecule has 0 aliphatic heterocycles. The Labute approximate surface area is 195 Å². The normalized spacial score (nSPS) is 12.7. The molecule has 0 radical (unpaired) electrons. The van der Waals surface area contributed by atoms with E-state index in [-0.39, 0.29) is 30.8 Å². The number of rotatable bonds is 14. The van der Waals surface area contributed by atoms with Crippen molar-refractivity contribution in [1.29, 1.82) is 0 Å². The van der Waals surface area contributed by atoms with Crippen molar-refractivity contribution < 1.29 is 19.4 Å². The Kier molecular flexibility index (Phi) is 10.4. The number of amides is 2. The minimum Gasteiger partial charge on any atom is -0.465 e. The number of hydrogen-bond acceptors (Lipinski definition) is 4. The molecule has 8 nitrogen and oxygen atoms in total. The Morgan fingerprint density at radius 2 is 1.97 bits per heavy atom. The number of aromatic nitrogens is 2. The van der Waals surface area contributed by atoms with E-state index < -0.39 is 12.1 Å². The molecule has 8 heteroatoms. The van der Waals surface area contributed by atoms with Gasteiger partial charge in [0.2, 0.25) is 5.91 Å². The van der Waals surface area contributed by atoms with Crippen LogP contribution in [0.25, 0.3) is 0 Å². The van der Waals surface area contributed by atoms with E-state index in [1.807, 2.05) is 48.7 Å². The molecule has 2 rings (SSSR count). The van der Waals surface area contributed by atoms with Gasteiger partial charge in [-0.2, -0.15) is 0 Å². The second-order valence-electron chi connectivity index (χ2n) is 8.15. The van der Waals surface area contributed by atoms with Crippen molar-refractivity contribution in [3.8, 4) is 0 Å². The van der Waals surface area contributed by atoms with Crippen LogP contribution < -0.4 is 5.32 Å². The van der Waals surface area contributed by atoms with Crippen LogP contribution in [0.4, 0.5) is 4.79 Å². The Morgan fingerprint density at radius 1 is 1.24 bits per heavy atom. The highest BCUT2D eigenvalue weighted by Crippen LogP contribution is 2.15. The van der Waals surface area contributed by atoms with Crippen molar-refractivity contribution in [3.63, 3.8) is 0 Å². The summed E-state index contributed by atoms with van der Waals surface area (Å²) in [6.45, 7) is 12.7. The van der Waals surface area contributed by atoms with Crippen LogP contribution in [-0.4, -0.2) is 56.9 Å². The predicted molar refractivity (Wildman–Crippen MR) is 128 cm³/mol. The maximum absolute atomic E-state index is 13.4. The summed E-state index contributed by atoms with van der Waals surface area (Å²) in [5, 5.41) is 13.0. The maximum atomic E-state index is 13.4. The van der Waals surface area contributed by atoms with Gasteiger partial charge < -0.3 is 19.7 Å². The molecule has 0 aliphatic rings. The first-order valence-electron chi connectivity index (χ1n) is 11.0. The number of nitrogens with one attached hydrogen (secondary N) is 1. The molecule has 2 atom stereocenters. The number of hydrogen-bond donors (Lipinski definition) is 2. The average molecular weight is 455 g/mol. The van der Waals surface area contributed by atoms with Crippen LogP contribution in [0, 0.1) is 5.92 Å². The molecule has 0 saturated heterocycles. The van der Waals surface area contributed by atoms with Crippen molar-refractivity contribution >= 4 is 12.0 Å². The number of nitrogens with zero attached hydrogens (tertiary/aromatic N) is 3. The summed E-state index contributed by atoms with van der Waals surface area (Å²) < 4.78 is 7.38. The van der Waals surface area contributed by atoms with Gasteiger partial charge in [0.25, 0.3) is 0 Å². The molecule has 2 amide bonds. The molecule has 0 spiro atoms. The van der Waals surface area contributed by atoms with Gasteiger partial charge in [-0.3, -0.25) is 9.69 Å². The van der Waals surface area contributed by atoms with Crippen LogP contribution in [0.15, 0.2) is 68.2 Å². The van der Waals surface area contributed by atoms with E-state index in [2.05, 4.69) is 23.5 Å². The Bertz CT molecular complexity index is 910. The molecule has 178 valence electrons. The van der Waals surface area contributed by atoms with E-state index >= 15 is 0 Å². The molecular weight excluding hydrogens is 420 g/mol. The van der Waals surface area contributed by atoms with Gasteiger partial charge in [0.1, 0.15) is 6.04 Å². The second kappa shape index (κ2) is 13.2. The number of carboxylic acid groups (broad SMARTS) is 1. The molecule has 2 N–H and O–H groups in total. The lowest BCUT2D eigenvalue weighted by Gasteiger charge is -2.31. The summed E-state index contributed by atoms with van der Waals surface area (Å²) >= 11 is 0. The summed E-state index contributed by atoms with van der Waals surface area (Å²) in [5.41, 5.74) is 1.42. The van der Waals surface area contributed by atoms with E-state index in [0.717, 1.165) is 5.56 Å². The Balaban J connectivity index is 2.29. The molecule has 1 aromatic heterocycles. The largest absolute Gasteiger partial charge is 0.465 e. The highest BCUT2D eigenvalue weighted by atomic mass is 16.5. The molecule has 2 aromatic rings. The zero-order valence-corrected chi connectivity index (χ0v) is 19.4. The maximum Gasteiger partial charge on any atom is 0.408 e. The van der Waals surface area contributed by atoms with Crippen LogP contribution in [0.5, 0.6) is 0 Å².